The lowest BCUT2D eigenvalue weighted by Crippen LogP contribution is -2.24. The number of rotatable bonds is 10. The van der Waals surface area contributed by atoms with Crippen LogP contribution in [0.25, 0.3) is 0 Å². The van der Waals surface area contributed by atoms with E-state index in [2.05, 4.69) is 27.8 Å². The zero-order valence-corrected chi connectivity index (χ0v) is 16.1. The topological polar surface area (TPSA) is 85.4 Å². The van der Waals surface area contributed by atoms with Crippen molar-refractivity contribution in [1.29, 1.82) is 0 Å². The van der Waals surface area contributed by atoms with Gasteiger partial charge in [0, 0.05) is 13.1 Å². The number of aromatic nitrogens is 2. The number of methoxy groups -OCH3 is 2. The minimum atomic E-state index is -0.0574. The summed E-state index contributed by atoms with van der Waals surface area (Å²) in [6.45, 7) is 3.39. The summed E-state index contributed by atoms with van der Waals surface area (Å²) in [5.74, 6) is 1.55. The second-order valence-corrected chi connectivity index (χ2v) is 7.25. The molecule has 1 heterocycles. The maximum atomic E-state index is 12.0. The highest BCUT2D eigenvalue weighted by Crippen LogP contribution is 2.27. The van der Waals surface area contributed by atoms with Crippen molar-refractivity contribution >= 4 is 34.1 Å². The van der Waals surface area contributed by atoms with E-state index >= 15 is 0 Å². The first kappa shape index (κ1) is 19.3. The van der Waals surface area contributed by atoms with Crippen molar-refractivity contribution in [2.75, 3.05) is 31.8 Å². The van der Waals surface area contributed by atoms with E-state index in [-0.39, 0.29) is 5.91 Å². The Bertz CT molecular complexity index is 694. The predicted molar refractivity (Wildman–Crippen MR) is 101 cm³/mol. The van der Waals surface area contributed by atoms with Gasteiger partial charge in [-0.1, -0.05) is 36.1 Å². The van der Waals surface area contributed by atoms with Crippen molar-refractivity contribution < 1.29 is 14.3 Å². The van der Waals surface area contributed by atoms with Crippen molar-refractivity contribution in [3.8, 4) is 11.5 Å². The van der Waals surface area contributed by atoms with E-state index in [4.69, 9.17) is 9.47 Å². The number of nitrogens with one attached hydrogen (secondary N) is 2. The van der Waals surface area contributed by atoms with Crippen LogP contribution < -0.4 is 20.1 Å². The summed E-state index contributed by atoms with van der Waals surface area (Å²) in [4.78, 5) is 12.0. The quantitative estimate of drug-likeness (QED) is 0.611. The Morgan fingerprint density at radius 1 is 1.24 bits per heavy atom. The minimum absolute atomic E-state index is 0.0574. The lowest BCUT2D eigenvalue weighted by Gasteiger charge is -2.10. The summed E-state index contributed by atoms with van der Waals surface area (Å²) >= 11 is 2.84. The third-order valence-electron chi connectivity index (χ3n) is 3.20. The van der Waals surface area contributed by atoms with Crippen LogP contribution in [0.15, 0.2) is 22.5 Å². The zero-order valence-electron chi connectivity index (χ0n) is 14.5. The molecule has 2 aromatic rings. The Kier molecular flexibility index (Phi) is 7.80. The molecule has 0 saturated heterocycles. The van der Waals surface area contributed by atoms with Crippen LogP contribution in [-0.2, 0) is 11.3 Å². The molecule has 0 aliphatic rings. The van der Waals surface area contributed by atoms with Gasteiger partial charge in [-0.05, 0) is 24.1 Å². The van der Waals surface area contributed by atoms with Crippen molar-refractivity contribution in [3.05, 3.63) is 23.8 Å². The smallest absolute Gasteiger partial charge is 0.230 e. The summed E-state index contributed by atoms with van der Waals surface area (Å²) in [6.07, 6.45) is 1.03. The maximum Gasteiger partial charge on any atom is 0.230 e. The average Bonchev–Trinajstić information content (AvgIpc) is 3.10. The van der Waals surface area contributed by atoms with Crippen LogP contribution in [0.3, 0.4) is 0 Å². The molecule has 0 fully saturated rings. The second kappa shape index (κ2) is 10.1. The number of ether oxygens (including phenoxy) is 2. The molecule has 1 amide bonds. The molecular weight excluding hydrogens is 360 g/mol. The number of nitrogens with zero attached hydrogens (tertiary/aromatic N) is 2. The predicted octanol–water partition coefficient (Wildman–Crippen LogP) is 2.79. The van der Waals surface area contributed by atoms with Gasteiger partial charge in [0.1, 0.15) is 0 Å². The van der Waals surface area contributed by atoms with Gasteiger partial charge in [0.2, 0.25) is 11.0 Å². The van der Waals surface area contributed by atoms with Gasteiger partial charge in [-0.3, -0.25) is 4.79 Å². The summed E-state index contributed by atoms with van der Waals surface area (Å²) in [6, 6.07) is 5.56. The number of amides is 1. The molecule has 9 heteroatoms. The lowest BCUT2D eigenvalue weighted by molar-refractivity contribution is -0.118. The number of anilines is 1. The molecule has 0 aliphatic carbocycles. The van der Waals surface area contributed by atoms with Gasteiger partial charge in [0.05, 0.1) is 20.0 Å². The molecule has 7 nitrogen and oxygen atoms in total. The van der Waals surface area contributed by atoms with E-state index in [0.29, 0.717) is 23.8 Å². The SMILES string of the molecule is CCCNc1nnc(SCC(=O)NCc2ccc(OC)c(OC)c2)s1. The normalized spacial score (nSPS) is 10.4. The summed E-state index contributed by atoms with van der Waals surface area (Å²) < 4.78 is 11.2. The third kappa shape index (κ3) is 6.09. The fourth-order valence-corrected chi connectivity index (χ4v) is 3.55. The van der Waals surface area contributed by atoms with Gasteiger partial charge in [0.15, 0.2) is 15.8 Å². The summed E-state index contributed by atoms with van der Waals surface area (Å²) in [7, 11) is 3.18. The molecular formula is C16H22N4O3S2. The van der Waals surface area contributed by atoms with Gasteiger partial charge >= 0.3 is 0 Å². The van der Waals surface area contributed by atoms with Crippen LogP contribution in [0, 0.1) is 0 Å². The summed E-state index contributed by atoms with van der Waals surface area (Å²) in [5, 5.41) is 14.9. The number of carbonyl (C=O) groups excluding carboxylic acids is 1. The van der Waals surface area contributed by atoms with Crippen LogP contribution in [0.5, 0.6) is 11.5 Å². The average molecular weight is 383 g/mol. The van der Waals surface area contributed by atoms with E-state index in [1.54, 1.807) is 14.2 Å². The van der Waals surface area contributed by atoms with E-state index in [1.165, 1.54) is 23.1 Å². The molecule has 1 aromatic heterocycles. The van der Waals surface area contributed by atoms with E-state index in [9.17, 15) is 4.79 Å². The molecule has 136 valence electrons. The lowest BCUT2D eigenvalue weighted by atomic mass is 10.2. The molecule has 0 bridgehead atoms. The molecule has 0 atom stereocenters. The van der Waals surface area contributed by atoms with Crippen LogP contribution in [-0.4, -0.2) is 42.6 Å². The van der Waals surface area contributed by atoms with E-state index in [0.717, 1.165) is 28.0 Å². The number of thioether (sulfide) groups is 1. The molecule has 0 saturated carbocycles. The highest BCUT2D eigenvalue weighted by molar-refractivity contribution is 8.01. The van der Waals surface area contributed by atoms with Crippen molar-refractivity contribution in [2.24, 2.45) is 0 Å². The van der Waals surface area contributed by atoms with Crippen LogP contribution in [0.2, 0.25) is 0 Å². The molecule has 25 heavy (non-hydrogen) atoms. The highest BCUT2D eigenvalue weighted by atomic mass is 32.2. The van der Waals surface area contributed by atoms with Crippen LogP contribution in [0.1, 0.15) is 18.9 Å². The van der Waals surface area contributed by atoms with Crippen molar-refractivity contribution in [2.45, 2.75) is 24.2 Å². The zero-order chi connectivity index (χ0) is 18.1. The first-order valence-corrected chi connectivity index (χ1v) is 9.64. The van der Waals surface area contributed by atoms with Crippen LogP contribution in [0.4, 0.5) is 5.13 Å². The first-order chi connectivity index (χ1) is 12.2. The number of benzene rings is 1. The standard InChI is InChI=1S/C16H22N4O3S2/c1-4-7-17-15-19-20-16(25-15)24-10-14(21)18-9-11-5-6-12(22-2)13(8-11)23-3/h5-6,8H,4,7,9-10H2,1-3H3,(H,17,19)(H,18,21). The third-order valence-corrected chi connectivity index (χ3v) is 5.21. The Morgan fingerprint density at radius 2 is 2.04 bits per heavy atom. The fraction of sp³-hybridized carbons (Fsp3) is 0.438. The monoisotopic (exact) mass is 382 g/mol. The highest BCUT2D eigenvalue weighted by Gasteiger charge is 2.09. The van der Waals surface area contributed by atoms with Gasteiger partial charge in [-0.2, -0.15) is 0 Å². The van der Waals surface area contributed by atoms with E-state index in [1.807, 2.05) is 18.2 Å². The fourth-order valence-electron chi connectivity index (χ4n) is 1.94. The number of carbonyl (C=O) groups is 1. The Hall–Kier alpha value is -2.00. The number of hydrogen-bond donors (Lipinski definition) is 2. The van der Waals surface area contributed by atoms with Crippen molar-refractivity contribution in [1.82, 2.24) is 15.5 Å². The second-order valence-electron chi connectivity index (χ2n) is 5.05. The molecule has 1 aromatic carbocycles. The van der Waals surface area contributed by atoms with Gasteiger partial charge in [-0.25, -0.2) is 0 Å². The summed E-state index contributed by atoms with van der Waals surface area (Å²) in [5.41, 5.74) is 0.943. The Balaban J connectivity index is 1.78. The van der Waals surface area contributed by atoms with Gasteiger partial charge in [-0.15, -0.1) is 10.2 Å². The van der Waals surface area contributed by atoms with Crippen molar-refractivity contribution in [3.63, 3.8) is 0 Å². The molecule has 0 radical (unpaired) electrons. The molecule has 0 aliphatic heterocycles. The largest absolute Gasteiger partial charge is 0.493 e. The van der Waals surface area contributed by atoms with Gasteiger partial charge in [0.25, 0.3) is 0 Å². The van der Waals surface area contributed by atoms with Gasteiger partial charge < -0.3 is 20.1 Å². The number of hydrogen-bond acceptors (Lipinski definition) is 8. The molecule has 2 N–H and O–H groups in total. The van der Waals surface area contributed by atoms with E-state index < -0.39 is 0 Å². The molecule has 2 rings (SSSR count). The minimum Gasteiger partial charge on any atom is -0.493 e. The Morgan fingerprint density at radius 3 is 2.76 bits per heavy atom. The molecule has 0 unspecified atom stereocenters. The maximum absolute atomic E-state index is 12.0. The van der Waals surface area contributed by atoms with Crippen LogP contribution >= 0.6 is 23.1 Å². The Labute approximate surface area is 155 Å². The molecule has 0 spiro atoms. The first-order valence-electron chi connectivity index (χ1n) is 7.84.